The van der Waals surface area contributed by atoms with Gasteiger partial charge in [-0.25, -0.2) is 4.79 Å². The molecule has 1 fully saturated rings. The Morgan fingerprint density at radius 2 is 2.00 bits per heavy atom. The molecule has 1 spiro atoms. The summed E-state index contributed by atoms with van der Waals surface area (Å²) in [4.78, 5) is 27.9. The van der Waals surface area contributed by atoms with E-state index in [1.807, 2.05) is 19.1 Å². The monoisotopic (exact) mass is 487 g/mol. The number of carbonyl (C=O) groups is 2. The van der Waals surface area contributed by atoms with Gasteiger partial charge in [0.05, 0.1) is 32.1 Å². The van der Waals surface area contributed by atoms with Gasteiger partial charge in [0.15, 0.2) is 23.2 Å². The van der Waals surface area contributed by atoms with E-state index in [1.165, 1.54) is 7.11 Å². The third-order valence-electron chi connectivity index (χ3n) is 7.91. The average Bonchev–Trinajstić information content (AvgIpc) is 3.52. The third kappa shape index (κ3) is 3.85. The van der Waals surface area contributed by atoms with Crippen LogP contribution in [0.1, 0.15) is 56.1 Å². The molecular formula is C26H33NO8. The van der Waals surface area contributed by atoms with Crippen LogP contribution in [0, 0.1) is 0 Å². The molecule has 1 aromatic carbocycles. The summed E-state index contributed by atoms with van der Waals surface area (Å²) >= 11 is 0. The van der Waals surface area contributed by atoms with E-state index in [1.54, 1.807) is 7.11 Å². The second-order valence-electron chi connectivity index (χ2n) is 9.83. The number of aliphatic hydroxyl groups is 1. The molecule has 4 aliphatic rings. The molecule has 1 aromatic rings. The van der Waals surface area contributed by atoms with E-state index in [-0.39, 0.29) is 24.7 Å². The molecule has 35 heavy (non-hydrogen) atoms. The standard InChI is InChI=1S/C26H33NO8/c1-4-7-26(30,14-21(28)32-3)24(29)35-23-20(31-2)13-25-8-5-9-27(25)10-6-16-11-18-19(34-15-33-18)12-17(16)22(23)25/h11-13,22-23,30H,4-10,14-15H2,1-3H3/t22-,23-,25?,26-/m1/s1. The molecule has 4 atom stereocenters. The van der Waals surface area contributed by atoms with Crippen LogP contribution in [0.3, 0.4) is 0 Å². The van der Waals surface area contributed by atoms with Crippen LogP contribution in [0.4, 0.5) is 0 Å². The maximum absolute atomic E-state index is 13.5. The summed E-state index contributed by atoms with van der Waals surface area (Å²) in [6.45, 7) is 3.81. The highest BCUT2D eigenvalue weighted by atomic mass is 16.7. The second-order valence-corrected chi connectivity index (χ2v) is 9.83. The number of benzene rings is 1. The first-order valence-corrected chi connectivity index (χ1v) is 12.3. The Bertz CT molecular complexity index is 1050. The first kappa shape index (κ1) is 23.9. The number of fused-ring (bicyclic) bond motifs is 3. The molecule has 1 aliphatic carbocycles. The van der Waals surface area contributed by atoms with Gasteiger partial charge in [0, 0.05) is 6.54 Å². The maximum atomic E-state index is 13.5. The lowest BCUT2D eigenvalue weighted by Gasteiger charge is -2.39. The van der Waals surface area contributed by atoms with E-state index in [9.17, 15) is 14.7 Å². The fourth-order valence-corrected chi connectivity index (χ4v) is 6.31. The van der Waals surface area contributed by atoms with Crippen molar-refractivity contribution < 1.29 is 38.4 Å². The minimum absolute atomic E-state index is 0.0802. The molecule has 1 saturated heterocycles. The van der Waals surface area contributed by atoms with Gasteiger partial charge in [-0.05, 0) is 61.6 Å². The van der Waals surface area contributed by atoms with Crippen molar-refractivity contribution in [2.24, 2.45) is 0 Å². The van der Waals surface area contributed by atoms with Crippen LogP contribution in [-0.4, -0.2) is 73.3 Å². The molecule has 9 heteroatoms. The summed E-state index contributed by atoms with van der Waals surface area (Å²) in [5, 5.41) is 11.2. The Morgan fingerprint density at radius 1 is 1.23 bits per heavy atom. The number of hydrogen-bond acceptors (Lipinski definition) is 9. The summed E-state index contributed by atoms with van der Waals surface area (Å²) in [5.41, 5.74) is -0.195. The Balaban J connectivity index is 1.56. The maximum Gasteiger partial charge on any atom is 0.339 e. The quantitative estimate of drug-likeness (QED) is 0.581. The molecule has 0 amide bonds. The first-order chi connectivity index (χ1) is 16.8. The van der Waals surface area contributed by atoms with Crippen molar-refractivity contribution >= 4 is 11.9 Å². The summed E-state index contributed by atoms with van der Waals surface area (Å²) in [7, 11) is 2.80. The molecule has 0 radical (unpaired) electrons. The van der Waals surface area contributed by atoms with Gasteiger partial charge >= 0.3 is 11.9 Å². The fraction of sp³-hybridized carbons (Fsp3) is 0.615. The summed E-state index contributed by atoms with van der Waals surface area (Å²) in [5.74, 6) is 0.192. The Morgan fingerprint density at radius 3 is 2.71 bits per heavy atom. The van der Waals surface area contributed by atoms with E-state index in [0.29, 0.717) is 17.9 Å². The zero-order chi connectivity index (χ0) is 24.8. The average molecular weight is 488 g/mol. The highest BCUT2D eigenvalue weighted by molar-refractivity contribution is 5.86. The molecule has 5 rings (SSSR count). The number of esters is 2. The molecule has 3 heterocycles. The van der Waals surface area contributed by atoms with Crippen molar-refractivity contribution in [1.29, 1.82) is 0 Å². The molecule has 0 aromatic heterocycles. The van der Waals surface area contributed by atoms with Crippen LogP contribution in [0.25, 0.3) is 0 Å². The Kier molecular flexibility index (Phi) is 6.17. The van der Waals surface area contributed by atoms with Crippen molar-refractivity contribution in [1.82, 2.24) is 4.90 Å². The molecule has 1 N–H and O–H groups in total. The summed E-state index contributed by atoms with van der Waals surface area (Å²) in [6, 6.07) is 4.04. The van der Waals surface area contributed by atoms with Gasteiger partial charge in [-0.3, -0.25) is 9.69 Å². The molecule has 3 aliphatic heterocycles. The number of nitrogens with zero attached hydrogens (tertiary/aromatic N) is 1. The van der Waals surface area contributed by atoms with Gasteiger partial charge in [0.25, 0.3) is 0 Å². The van der Waals surface area contributed by atoms with E-state index in [0.717, 1.165) is 49.2 Å². The van der Waals surface area contributed by atoms with Crippen LogP contribution in [0.15, 0.2) is 24.0 Å². The summed E-state index contributed by atoms with van der Waals surface area (Å²) in [6.07, 6.45) is 4.20. The predicted octanol–water partition coefficient (Wildman–Crippen LogP) is 2.44. The van der Waals surface area contributed by atoms with E-state index in [4.69, 9.17) is 23.7 Å². The van der Waals surface area contributed by atoms with Gasteiger partial charge in [-0.2, -0.15) is 0 Å². The van der Waals surface area contributed by atoms with Crippen LogP contribution in [0.2, 0.25) is 0 Å². The topological polar surface area (TPSA) is 104 Å². The van der Waals surface area contributed by atoms with Crippen LogP contribution >= 0.6 is 0 Å². The van der Waals surface area contributed by atoms with E-state index in [2.05, 4.69) is 11.0 Å². The summed E-state index contributed by atoms with van der Waals surface area (Å²) < 4.78 is 27.9. The normalized spacial score (nSPS) is 28.2. The molecule has 0 bridgehead atoms. The molecular weight excluding hydrogens is 454 g/mol. The van der Waals surface area contributed by atoms with Gasteiger partial charge in [-0.1, -0.05) is 13.3 Å². The van der Waals surface area contributed by atoms with Crippen LogP contribution in [0.5, 0.6) is 11.5 Å². The zero-order valence-corrected chi connectivity index (χ0v) is 20.5. The zero-order valence-electron chi connectivity index (χ0n) is 20.5. The van der Waals surface area contributed by atoms with Crippen molar-refractivity contribution in [2.75, 3.05) is 34.1 Å². The van der Waals surface area contributed by atoms with Crippen LogP contribution < -0.4 is 9.47 Å². The number of methoxy groups -OCH3 is 2. The van der Waals surface area contributed by atoms with E-state index < -0.39 is 30.1 Å². The Labute approximate surface area is 204 Å². The highest BCUT2D eigenvalue weighted by Crippen LogP contribution is 2.55. The molecule has 9 nitrogen and oxygen atoms in total. The second kappa shape index (κ2) is 9.02. The lowest BCUT2D eigenvalue weighted by atomic mass is 9.77. The molecule has 190 valence electrons. The predicted molar refractivity (Wildman–Crippen MR) is 124 cm³/mol. The highest BCUT2D eigenvalue weighted by Gasteiger charge is 2.59. The van der Waals surface area contributed by atoms with Crippen molar-refractivity contribution in [3.63, 3.8) is 0 Å². The lowest BCUT2D eigenvalue weighted by Crippen LogP contribution is -2.49. The SMILES string of the molecule is CCC[C@@](O)(CC(=O)OC)C(=O)O[C@@H]1C(OC)=CC23CCCN2CCc2cc4c(cc2[C@H]13)OCO4. The minimum atomic E-state index is -1.98. The van der Waals surface area contributed by atoms with Gasteiger partial charge in [0.2, 0.25) is 6.79 Å². The van der Waals surface area contributed by atoms with Crippen LogP contribution in [-0.2, 0) is 30.2 Å². The van der Waals surface area contributed by atoms with E-state index >= 15 is 0 Å². The van der Waals surface area contributed by atoms with Crippen molar-refractivity contribution in [3.8, 4) is 11.5 Å². The first-order valence-electron chi connectivity index (χ1n) is 12.3. The fourth-order valence-electron chi connectivity index (χ4n) is 6.31. The van der Waals surface area contributed by atoms with Gasteiger partial charge in [-0.15, -0.1) is 0 Å². The largest absolute Gasteiger partial charge is 0.497 e. The lowest BCUT2D eigenvalue weighted by molar-refractivity contribution is -0.178. The number of rotatable bonds is 7. The number of ether oxygens (including phenoxy) is 5. The number of carbonyl (C=O) groups excluding carboxylic acids is 2. The molecule has 0 saturated carbocycles. The third-order valence-corrected chi connectivity index (χ3v) is 7.91. The van der Waals surface area contributed by atoms with Gasteiger partial charge in [0.1, 0.15) is 5.76 Å². The Hall–Kier alpha value is -2.78. The van der Waals surface area contributed by atoms with Crippen molar-refractivity contribution in [3.05, 3.63) is 35.1 Å². The molecule has 1 unspecified atom stereocenters. The van der Waals surface area contributed by atoms with Gasteiger partial charge < -0.3 is 28.8 Å². The minimum Gasteiger partial charge on any atom is -0.497 e. The smallest absolute Gasteiger partial charge is 0.339 e. The van der Waals surface area contributed by atoms with Crippen molar-refractivity contribution in [2.45, 2.75) is 68.6 Å². The number of hydrogen-bond donors (Lipinski definition) is 1.